The van der Waals surface area contributed by atoms with Crippen LogP contribution in [0.15, 0.2) is 54.6 Å². The average Bonchev–Trinajstić information content (AvgIpc) is 2.64. The highest BCUT2D eigenvalue weighted by Gasteiger charge is 2.14. The number of nitrogens with zero attached hydrogens (tertiary/aromatic N) is 1. The molecule has 132 valence electrons. The number of halogens is 1. The van der Waals surface area contributed by atoms with Gasteiger partial charge in [0.05, 0.1) is 16.8 Å². The largest absolute Gasteiger partial charge is 0.481 e. The zero-order valence-corrected chi connectivity index (χ0v) is 13.9. The highest BCUT2D eigenvalue weighted by molar-refractivity contribution is 6.07. The van der Waals surface area contributed by atoms with E-state index in [1.165, 1.54) is 12.1 Å². The molecule has 0 atom stereocenters. The Bertz CT molecular complexity index is 955. The van der Waals surface area contributed by atoms with Crippen molar-refractivity contribution in [2.24, 2.45) is 0 Å². The second-order valence-corrected chi connectivity index (χ2v) is 5.83. The Morgan fingerprint density at radius 2 is 1.81 bits per heavy atom. The molecular formula is C20H17FN2O3. The van der Waals surface area contributed by atoms with Crippen molar-refractivity contribution in [3.63, 3.8) is 0 Å². The molecule has 1 heterocycles. The number of hydrogen-bond acceptors (Lipinski definition) is 3. The molecule has 0 spiro atoms. The van der Waals surface area contributed by atoms with Gasteiger partial charge in [0.25, 0.3) is 5.91 Å². The molecule has 26 heavy (non-hydrogen) atoms. The van der Waals surface area contributed by atoms with Gasteiger partial charge < -0.3 is 10.4 Å². The molecule has 0 saturated carbocycles. The number of carbonyl (C=O) groups excluding carboxylic acids is 1. The number of carboxylic acid groups (broad SMARTS) is 1. The molecule has 5 nitrogen and oxygen atoms in total. The Balaban J connectivity index is 1.93. The number of benzene rings is 2. The fourth-order valence-electron chi connectivity index (χ4n) is 2.67. The Labute approximate surface area is 149 Å². The van der Waals surface area contributed by atoms with E-state index in [0.717, 1.165) is 0 Å². The van der Waals surface area contributed by atoms with Crippen molar-refractivity contribution in [2.75, 3.05) is 6.54 Å². The van der Waals surface area contributed by atoms with Crippen LogP contribution in [0.2, 0.25) is 0 Å². The summed E-state index contributed by atoms with van der Waals surface area (Å²) in [4.78, 5) is 27.7. The summed E-state index contributed by atoms with van der Waals surface area (Å²) in [6, 6.07) is 14.9. The molecule has 1 aromatic heterocycles. The smallest absolute Gasteiger partial charge is 0.303 e. The number of aromatic nitrogens is 1. The summed E-state index contributed by atoms with van der Waals surface area (Å²) in [5, 5.41) is 12.1. The van der Waals surface area contributed by atoms with Crippen molar-refractivity contribution < 1.29 is 19.1 Å². The first kappa shape index (κ1) is 17.5. The van der Waals surface area contributed by atoms with Crippen LogP contribution < -0.4 is 5.32 Å². The first-order valence-corrected chi connectivity index (χ1v) is 8.20. The van der Waals surface area contributed by atoms with Crippen LogP contribution in [0.25, 0.3) is 22.2 Å². The minimum atomic E-state index is -0.896. The molecule has 0 saturated heterocycles. The average molecular weight is 352 g/mol. The third-order valence-corrected chi connectivity index (χ3v) is 3.95. The fourth-order valence-corrected chi connectivity index (χ4v) is 2.67. The van der Waals surface area contributed by atoms with Gasteiger partial charge >= 0.3 is 5.97 Å². The molecule has 3 aromatic rings. The summed E-state index contributed by atoms with van der Waals surface area (Å²) in [5.74, 6) is -1.53. The Hall–Kier alpha value is -3.28. The van der Waals surface area contributed by atoms with Crippen LogP contribution in [0.1, 0.15) is 23.2 Å². The van der Waals surface area contributed by atoms with Crippen LogP contribution in [0, 0.1) is 5.82 Å². The lowest BCUT2D eigenvalue weighted by Gasteiger charge is -2.10. The van der Waals surface area contributed by atoms with Gasteiger partial charge in [0, 0.05) is 23.9 Å². The highest BCUT2D eigenvalue weighted by atomic mass is 19.1. The third-order valence-electron chi connectivity index (χ3n) is 3.95. The number of rotatable bonds is 6. The van der Waals surface area contributed by atoms with Crippen LogP contribution in [0.4, 0.5) is 4.39 Å². The zero-order chi connectivity index (χ0) is 18.5. The number of para-hydroxylation sites is 1. The summed E-state index contributed by atoms with van der Waals surface area (Å²) in [7, 11) is 0. The second kappa shape index (κ2) is 7.74. The van der Waals surface area contributed by atoms with E-state index in [9.17, 15) is 14.0 Å². The van der Waals surface area contributed by atoms with Crippen molar-refractivity contribution >= 4 is 22.8 Å². The number of amides is 1. The number of nitrogens with one attached hydrogen (secondary N) is 1. The number of hydrogen-bond donors (Lipinski definition) is 2. The van der Waals surface area contributed by atoms with E-state index in [2.05, 4.69) is 10.3 Å². The third kappa shape index (κ3) is 4.03. The molecule has 0 aliphatic heterocycles. The Morgan fingerprint density at radius 1 is 1.08 bits per heavy atom. The van der Waals surface area contributed by atoms with Crippen molar-refractivity contribution in [1.82, 2.24) is 10.3 Å². The first-order chi connectivity index (χ1) is 12.5. The maximum atomic E-state index is 13.2. The summed E-state index contributed by atoms with van der Waals surface area (Å²) in [6.07, 6.45) is 0.354. The Kier molecular flexibility index (Phi) is 5.22. The molecule has 0 fully saturated rings. The molecule has 3 rings (SSSR count). The number of pyridine rings is 1. The predicted octanol–water partition coefficient (Wildman–Crippen LogP) is 3.64. The number of carboxylic acids is 1. The monoisotopic (exact) mass is 352 g/mol. The first-order valence-electron chi connectivity index (χ1n) is 8.20. The number of aliphatic carboxylic acids is 1. The van der Waals surface area contributed by atoms with E-state index in [0.29, 0.717) is 34.1 Å². The molecular weight excluding hydrogens is 335 g/mol. The van der Waals surface area contributed by atoms with E-state index in [1.54, 1.807) is 18.2 Å². The lowest BCUT2D eigenvalue weighted by molar-refractivity contribution is -0.137. The lowest BCUT2D eigenvalue weighted by atomic mass is 10.0. The van der Waals surface area contributed by atoms with E-state index in [1.807, 2.05) is 24.3 Å². The van der Waals surface area contributed by atoms with E-state index >= 15 is 0 Å². The Morgan fingerprint density at radius 3 is 2.54 bits per heavy atom. The topological polar surface area (TPSA) is 79.3 Å². The molecule has 2 aromatic carbocycles. The van der Waals surface area contributed by atoms with E-state index in [-0.39, 0.29) is 24.7 Å². The van der Waals surface area contributed by atoms with Gasteiger partial charge in [-0.25, -0.2) is 9.37 Å². The van der Waals surface area contributed by atoms with E-state index in [4.69, 9.17) is 5.11 Å². The number of carbonyl (C=O) groups is 2. The van der Waals surface area contributed by atoms with Gasteiger partial charge in [0.1, 0.15) is 5.82 Å². The van der Waals surface area contributed by atoms with Crippen molar-refractivity contribution in [3.8, 4) is 11.3 Å². The van der Waals surface area contributed by atoms with E-state index < -0.39 is 5.97 Å². The van der Waals surface area contributed by atoms with Gasteiger partial charge in [-0.05, 0) is 42.8 Å². The van der Waals surface area contributed by atoms with Gasteiger partial charge in [-0.1, -0.05) is 18.2 Å². The van der Waals surface area contributed by atoms with Gasteiger partial charge in [-0.2, -0.15) is 0 Å². The molecule has 6 heteroatoms. The normalized spacial score (nSPS) is 10.7. The van der Waals surface area contributed by atoms with Crippen LogP contribution in [0.3, 0.4) is 0 Å². The fraction of sp³-hybridized carbons (Fsp3) is 0.150. The minimum absolute atomic E-state index is 0.00178. The molecule has 0 bridgehead atoms. The van der Waals surface area contributed by atoms with Crippen LogP contribution in [0.5, 0.6) is 0 Å². The summed E-state index contributed by atoms with van der Waals surface area (Å²) in [5.41, 5.74) is 2.38. The summed E-state index contributed by atoms with van der Waals surface area (Å²) in [6.45, 7) is 0.271. The molecule has 0 aliphatic rings. The molecule has 0 aliphatic carbocycles. The standard InChI is InChI=1S/C20H17FN2O3/c21-14-9-7-13(8-10-14)18-12-16(15-4-1-2-5-17(15)23-18)20(26)22-11-3-6-19(24)25/h1-2,4-5,7-10,12H,3,6,11H2,(H,22,26)(H,24,25). The molecule has 0 radical (unpaired) electrons. The predicted molar refractivity (Wildman–Crippen MR) is 96.3 cm³/mol. The van der Waals surface area contributed by atoms with Crippen molar-refractivity contribution in [3.05, 3.63) is 66.0 Å². The summed E-state index contributed by atoms with van der Waals surface area (Å²) < 4.78 is 13.2. The SMILES string of the molecule is O=C(O)CCCNC(=O)c1cc(-c2ccc(F)cc2)nc2ccccc12. The summed E-state index contributed by atoms with van der Waals surface area (Å²) >= 11 is 0. The molecule has 0 unspecified atom stereocenters. The van der Waals surface area contributed by atoms with Gasteiger partial charge in [0.15, 0.2) is 0 Å². The second-order valence-electron chi connectivity index (χ2n) is 5.83. The van der Waals surface area contributed by atoms with Crippen LogP contribution in [-0.4, -0.2) is 28.5 Å². The van der Waals surface area contributed by atoms with Gasteiger partial charge in [0.2, 0.25) is 0 Å². The van der Waals surface area contributed by atoms with Gasteiger partial charge in [-0.3, -0.25) is 9.59 Å². The minimum Gasteiger partial charge on any atom is -0.481 e. The lowest BCUT2D eigenvalue weighted by Crippen LogP contribution is -2.25. The molecule has 1 amide bonds. The number of fused-ring (bicyclic) bond motifs is 1. The van der Waals surface area contributed by atoms with Crippen LogP contribution in [-0.2, 0) is 4.79 Å². The van der Waals surface area contributed by atoms with Crippen LogP contribution >= 0.6 is 0 Å². The maximum Gasteiger partial charge on any atom is 0.303 e. The maximum absolute atomic E-state index is 13.2. The quantitative estimate of drug-likeness (QED) is 0.664. The molecule has 2 N–H and O–H groups in total. The zero-order valence-electron chi connectivity index (χ0n) is 13.9. The van der Waals surface area contributed by atoms with Crippen molar-refractivity contribution in [2.45, 2.75) is 12.8 Å². The van der Waals surface area contributed by atoms with Crippen molar-refractivity contribution in [1.29, 1.82) is 0 Å². The van der Waals surface area contributed by atoms with Gasteiger partial charge in [-0.15, -0.1) is 0 Å². The highest BCUT2D eigenvalue weighted by Crippen LogP contribution is 2.25.